The first kappa shape index (κ1) is 18.3. The molecule has 2 aromatic rings. The van der Waals surface area contributed by atoms with E-state index in [0.717, 1.165) is 24.3 Å². The Morgan fingerprint density at radius 1 is 1.00 bits per heavy atom. The van der Waals surface area contributed by atoms with Gasteiger partial charge in [-0.3, -0.25) is 0 Å². The maximum absolute atomic E-state index is 9.91. The highest BCUT2D eigenvalue weighted by Gasteiger charge is 2.05. The molecule has 0 aliphatic heterocycles. The maximum Gasteiger partial charge on any atom is 0.122 e. The van der Waals surface area contributed by atoms with Crippen molar-refractivity contribution in [3.05, 3.63) is 60.2 Å². The zero-order valence-electron chi connectivity index (χ0n) is 14.3. The second kappa shape index (κ2) is 10.7. The lowest BCUT2D eigenvalue weighted by Crippen LogP contribution is -2.33. The van der Waals surface area contributed by atoms with Gasteiger partial charge in [0.25, 0.3) is 0 Å². The minimum atomic E-state index is -0.544. The van der Waals surface area contributed by atoms with Crippen LogP contribution in [0.2, 0.25) is 0 Å². The molecule has 0 saturated carbocycles. The Balaban J connectivity index is 1.59. The SMILES string of the molecule is CCCc1ccccc1OCCNCC(O)COc1ccccc1. The molecule has 0 saturated heterocycles. The van der Waals surface area contributed by atoms with Crippen LogP contribution in [0.1, 0.15) is 18.9 Å². The third-order valence-electron chi connectivity index (χ3n) is 3.59. The van der Waals surface area contributed by atoms with Crippen molar-refractivity contribution in [2.45, 2.75) is 25.9 Å². The van der Waals surface area contributed by atoms with E-state index in [1.165, 1.54) is 5.56 Å². The van der Waals surface area contributed by atoms with E-state index < -0.39 is 6.10 Å². The molecule has 0 bridgehead atoms. The number of para-hydroxylation sites is 2. The van der Waals surface area contributed by atoms with E-state index in [1.54, 1.807) is 0 Å². The predicted molar refractivity (Wildman–Crippen MR) is 96.7 cm³/mol. The zero-order valence-corrected chi connectivity index (χ0v) is 14.3. The molecule has 0 aromatic heterocycles. The molecule has 0 amide bonds. The molecular weight excluding hydrogens is 302 g/mol. The van der Waals surface area contributed by atoms with Crippen molar-refractivity contribution < 1.29 is 14.6 Å². The topological polar surface area (TPSA) is 50.7 Å². The van der Waals surface area contributed by atoms with Gasteiger partial charge >= 0.3 is 0 Å². The summed E-state index contributed by atoms with van der Waals surface area (Å²) in [6.45, 7) is 4.18. The van der Waals surface area contributed by atoms with E-state index in [1.807, 2.05) is 48.5 Å². The van der Waals surface area contributed by atoms with Crippen LogP contribution >= 0.6 is 0 Å². The number of hydrogen-bond acceptors (Lipinski definition) is 4. The molecule has 0 fully saturated rings. The fraction of sp³-hybridized carbons (Fsp3) is 0.400. The molecule has 1 unspecified atom stereocenters. The lowest BCUT2D eigenvalue weighted by molar-refractivity contribution is 0.105. The largest absolute Gasteiger partial charge is 0.492 e. The van der Waals surface area contributed by atoms with Gasteiger partial charge in [-0.2, -0.15) is 0 Å². The summed E-state index contributed by atoms with van der Waals surface area (Å²) in [5.41, 5.74) is 1.25. The van der Waals surface area contributed by atoms with Crippen molar-refractivity contribution in [2.75, 3.05) is 26.3 Å². The van der Waals surface area contributed by atoms with Crippen LogP contribution in [0.4, 0.5) is 0 Å². The Morgan fingerprint density at radius 2 is 1.75 bits per heavy atom. The van der Waals surface area contributed by atoms with Crippen LogP contribution in [0.15, 0.2) is 54.6 Å². The molecule has 0 radical (unpaired) electrons. The number of ether oxygens (including phenoxy) is 2. The minimum absolute atomic E-state index is 0.275. The summed E-state index contributed by atoms with van der Waals surface area (Å²) in [4.78, 5) is 0. The van der Waals surface area contributed by atoms with Gasteiger partial charge in [-0.15, -0.1) is 0 Å². The smallest absolute Gasteiger partial charge is 0.122 e. The molecule has 1 atom stereocenters. The van der Waals surface area contributed by atoms with Gasteiger partial charge in [0, 0.05) is 13.1 Å². The average Bonchev–Trinajstić information content (AvgIpc) is 2.62. The molecule has 0 aliphatic rings. The number of hydrogen-bond donors (Lipinski definition) is 2. The summed E-state index contributed by atoms with van der Waals surface area (Å²) in [5, 5.41) is 13.1. The first-order valence-corrected chi connectivity index (χ1v) is 8.57. The van der Waals surface area contributed by atoms with Gasteiger partial charge in [0.2, 0.25) is 0 Å². The number of rotatable bonds is 11. The van der Waals surface area contributed by atoms with E-state index >= 15 is 0 Å². The third-order valence-corrected chi connectivity index (χ3v) is 3.59. The first-order valence-electron chi connectivity index (χ1n) is 8.57. The number of aryl methyl sites for hydroxylation is 1. The van der Waals surface area contributed by atoms with Gasteiger partial charge < -0.3 is 19.9 Å². The van der Waals surface area contributed by atoms with Gasteiger partial charge in [-0.25, -0.2) is 0 Å². The summed E-state index contributed by atoms with van der Waals surface area (Å²) in [7, 11) is 0. The monoisotopic (exact) mass is 329 g/mol. The summed E-state index contributed by atoms with van der Waals surface area (Å²) in [6.07, 6.45) is 1.59. The molecule has 4 nitrogen and oxygen atoms in total. The van der Waals surface area contributed by atoms with E-state index in [2.05, 4.69) is 18.3 Å². The minimum Gasteiger partial charge on any atom is -0.492 e. The number of benzene rings is 2. The first-order chi connectivity index (χ1) is 11.8. The van der Waals surface area contributed by atoms with Gasteiger partial charge in [0.05, 0.1) is 0 Å². The van der Waals surface area contributed by atoms with Crippen LogP contribution in [-0.4, -0.2) is 37.5 Å². The van der Waals surface area contributed by atoms with Gasteiger partial charge in [-0.05, 0) is 30.2 Å². The van der Waals surface area contributed by atoms with Crippen LogP contribution in [0, 0.1) is 0 Å². The van der Waals surface area contributed by atoms with Crippen molar-refractivity contribution in [3.63, 3.8) is 0 Å². The molecule has 0 heterocycles. The average molecular weight is 329 g/mol. The molecule has 2 N–H and O–H groups in total. The summed E-state index contributed by atoms with van der Waals surface area (Å²) >= 11 is 0. The summed E-state index contributed by atoms with van der Waals surface area (Å²) < 4.78 is 11.3. The Hall–Kier alpha value is -2.04. The van der Waals surface area contributed by atoms with Gasteiger partial charge in [-0.1, -0.05) is 49.7 Å². The van der Waals surface area contributed by atoms with E-state index in [4.69, 9.17) is 9.47 Å². The van der Waals surface area contributed by atoms with E-state index in [0.29, 0.717) is 19.7 Å². The standard InChI is InChI=1S/C20H27NO3/c1-2-8-17-9-6-7-12-20(17)23-14-13-21-15-18(22)16-24-19-10-4-3-5-11-19/h3-7,9-12,18,21-22H,2,8,13-16H2,1H3. The van der Waals surface area contributed by atoms with E-state index in [9.17, 15) is 5.11 Å². The Morgan fingerprint density at radius 3 is 2.54 bits per heavy atom. The van der Waals surface area contributed by atoms with Crippen LogP contribution in [0.25, 0.3) is 0 Å². The molecular formula is C20H27NO3. The van der Waals surface area contributed by atoms with Crippen molar-refractivity contribution in [1.29, 1.82) is 0 Å². The number of aliphatic hydroxyl groups excluding tert-OH is 1. The molecule has 0 spiro atoms. The van der Waals surface area contributed by atoms with Gasteiger partial charge in [0.15, 0.2) is 0 Å². The normalized spacial score (nSPS) is 11.9. The Bertz CT molecular complexity index is 574. The highest BCUT2D eigenvalue weighted by Crippen LogP contribution is 2.19. The van der Waals surface area contributed by atoms with E-state index in [-0.39, 0.29) is 6.61 Å². The van der Waals surface area contributed by atoms with Crippen molar-refractivity contribution in [3.8, 4) is 11.5 Å². The van der Waals surface area contributed by atoms with Crippen molar-refractivity contribution >= 4 is 0 Å². The van der Waals surface area contributed by atoms with Crippen LogP contribution < -0.4 is 14.8 Å². The fourth-order valence-corrected chi connectivity index (χ4v) is 2.39. The summed E-state index contributed by atoms with van der Waals surface area (Å²) in [6, 6.07) is 17.7. The molecule has 2 aromatic carbocycles. The van der Waals surface area contributed by atoms with Crippen molar-refractivity contribution in [1.82, 2.24) is 5.32 Å². The molecule has 130 valence electrons. The fourth-order valence-electron chi connectivity index (χ4n) is 2.39. The zero-order chi connectivity index (χ0) is 17.0. The Kier molecular flexibility index (Phi) is 8.15. The van der Waals surface area contributed by atoms with Crippen LogP contribution in [0.3, 0.4) is 0 Å². The quantitative estimate of drug-likeness (QED) is 0.622. The molecule has 24 heavy (non-hydrogen) atoms. The third kappa shape index (κ3) is 6.60. The maximum atomic E-state index is 9.91. The van der Waals surface area contributed by atoms with Gasteiger partial charge in [0.1, 0.15) is 30.8 Å². The lowest BCUT2D eigenvalue weighted by atomic mass is 10.1. The molecule has 0 aliphatic carbocycles. The number of nitrogens with one attached hydrogen (secondary N) is 1. The van der Waals surface area contributed by atoms with Crippen LogP contribution in [0.5, 0.6) is 11.5 Å². The molecule has 4 heteroatoms. The predicted octanol–water partition coefficient (Wildman–Crippen LogP) is 3.05. The highest BCUT2D eigenvalue weighted by atomic mass is 16.5. The number of aliphatic hydroxyl groups is 1. The summed E-state index contributed by atoms with van der Waals surface area (Å²) in [5.74, 6) is 1.72. The van der Waals surface area contributed by atoms with Crippen molar-refractivity contribution in [2.24, 2.45) is 0 Å². The Labute approximate surface area is 144 Å². The second-order valence-corrected chi connectivity index (χ2v) is 5.69. The van der Waals surface area contributed by atoms with Crippen LogP contribution in [-0.2, 0) is 6.42 Å². The second-order valence-electron chi connectivity index (χ2n) is 5.69. The highest BCUT2D eigenvalue weighted by molar-refractivity contribution is 5.33. The lowest BCUT2D eigenvalue weighted by Gasteiger charge is -2.14. The molecule has 2 rings (SSSR count).